The first-order chi connectivity index (χ1) is 8.74. The molecular weight excluding hydrogens is 230 g/mol. The molecule has 0 radical (unpaired) electrons. The van der Waals surface area contributed by atoms with Crippen LogP contribution in [0.4, 0.5) is 11.5 Å². The largest absolute Gasteiger partial charge is 0.481 e. The van der Waals surface area contributed by atoms with Crippen molar-refractivity contribution in [3.05, 3.63) is 12.1 Å². The number of nitrogens with one attached hydrogen (secondary N) is 1. The van der Waals surface area contributed by atoms with E-state index < -0.39 is 0 Å². The highest BCUT2D eigenvalue weighted by Gasteiger charge is 2.26. The lowest BCUT2D eigenvalue weighted by atomic mass is 9.97. The van der Waals surface area contributed by atoms with E-state index in [1.54, 1.807) is 19.2 Å². The van der Waals surface area contributed by atoms with Gasteiger partial charge in [-0.3, -0.25) is 0 Å². The maximum atomic E-state index is 9.28. The highest BCUT2D eigenvalue weighted by Crippen LogP contribution is 2.31. The lowest BCUT2D eigenvalue weighted by molar-refractivity contribution is 0.199. The van der Waals surface area contributed by atoms with E-state index in [1.807, 2.05) is 0 Å². The van der Waals surface area contributed by atoms with Crippen molar-refractivity contribution in [3.63, 3.8) is 0 Å². The van der Waals surface area contributed by atoms with Gasteiger partial charge in [-0.1, -0.05) is 6.42 Å². The molecule has 0 spiro atoms. The van der Waals surface area contributed by atoms with E-state index in [0.717, 1.165) is 19.4 Å². The molecule has 0 aliphatic heterocycles. The molecule has 0 amide bonds. The summed E-state index contributed by atoms with van der Waals surface area (Å²) in [4.78, 5) is 4.28. The van der Waals surface area contributed by atoms with Crippen LogP contribution in [0.5, 0.6) is 5.88 Å². The summed E-state index contributed by atoms with van der Waals surface area (Å²) >= 11 is 0. The van der Waals surface area contributed by atoms with Crippen LogP contribution in [0.2, 0.25) is 0 Å². The Morgan fingerprint density at radius 2 is 2.22 bits per heavy atom. The monoisotopic (exact) mass is 251 g/mol. The zero-order valence-electron chi connectivity index (χ0n) is 10.7. The predicted octanol–water partition coefficient (Wildman–Crippen LogP) is 1.49. The standard InChI is InChI=1S/C13H21N3O2/c1-18-12-6-5-11(14)13(16-12)15-7-9-3-2-4-10(9)8-17/h5-6,9-10,17H,2-4,7-8,14H2,1H3,(H,15,16). The van der Waals surface area contributed by atoms with Crippen LogP contribution < -0.4 is 15.8 Å². The number of rotatable bonds is 5. The zero-order valence-corrected chi connectivity index (χ0v) is 10.7. The fraction of sp³-hybridized carbons (Fsp3) is 0.615. The fourth-order valence-corrected chi connectivity index (χ4v) is 2.56. The van der Waals surface area contributed by atoms with E-state index in [2.05, 4.69) is 10.3 Å². The number of nitrogens with zero attached hydrogens (tertiary/aromatic N) is 1. The minimum Gasteiger partial charge on any atom is -0.481 e. The summed E-state index contributed by atoms with van der Waals surface area (Å²) < 4.78 is 5.08. The van der Waals surface area contributed by atoms with Gasteiger partial charge in [0.25, 0.3) is 0 Å². The van der Waals surface area contributed by atoms with Crippen molar-refractivity contribution in [3.8, 4) is 5.88 Å². The van der Waals surface area contributed by atoms with Gasteiger partial charge in [0.2, 0.25) is 5.88 Å². The number of hydrogen-bond donors (Lipinski definition) is 3. The highest BCUT2D eigenvalue weighted by molar-refractivity contribution is 5.61. The van der Waals surface area contributed by atoms with Crippen LogP contribution >= 0.6 is 0 Å². The summed E-state index contributed by atoms with van der Waals surface area (Å²) in [7, 11) is 1.58. The first-order valence-electron chi connectivity index (χ1n) is 6.40. The van der Waals surface area contributed by atoms with Crippen LogP contribution in [-0.4, -0.2) is 30.4 Å². The number of nitrogens with two attached hydrogens (primary N) is 1. The molecule has 1 aliphatic rings. The van der Waals surface area contributed by atoms with Crippen LogP contribution in [0.25, 0.3) is 0 Å². The second-order valence-electron chi connectivity index (χ2n) is 4.81. The van der Waals surface area contributed by atoms with Gasteiger partial charge < -0.3 is 20.9 Å². The smallest absolute Gasteiger partial charge is 0.215 e. The number of nitrogen functional groups attached to an aromatic ring is 1. The predicted molar refractivity (Wildman–Crippen MR) is 71.6 cm³/mol. The average Bonchev–Trinajstić information content (AvgIpc) is 2.85. The van der Waals surface area contributed by atoms with Crippen molar-refractivity contribution >= 4 is 11.5 Å². The second-order valence-corrected chi connectivity index (χ2v) is 4.81. The molecule has 5 nitrogen and oxygen atoms in total. The number of ether oxygens (including phenoxy) is 1. The van der Waals surface area contributed by atoms with Gasteiger partial charge in [-0.25, -0.2) is 0 Å². The van der Waals surface area contributed by atoms with Crippen molar-refractivity contribution in [1.82, 2.24) is 4.98 Å². The molecule has 1 saturated carbocycles. The van der Waals surface area contributed by atoms with Crippen molar-refractivity contribution in [1.29, 1.82) is 0 Å². The van der Waals surface area contributed by atoms with Gasteiger partial charge >= 0.3 is 0 Å². The van der Waals surface area contributed by atoms with Gasteiger partial charge in [-0.2, -0.15) is 4.98 Å². The summed E-state index contributed by atoms with van der Waals surface area (Å²) in [5, 5.41) is 12.5. The molecule has 2 atom stereocenters. The summed E-state index contributed by atoms with van der Waals surface area (Å²) in [5.74, 6) is 2.13. The summed E-state index contributed by atoms with van der Waals surface area (Å²) in [6.07, 6.45) is 3.46. The third-order valence-corrected chi connectivity index (χ3v) is 3.69. The molecule has 100 valence electrons. The number of aliphatic hydroxyl groups is 1. The molecule has 1 aromatic heterocycles. The highest BCUT2D eigenvalue weighted by atomic mass is 16.5. The van der Waals surface area contributed by atoms with Gasteiger partial charge in [-0.15, -0.1) is 0 Å². The summed E-state index contributed by atoms with van der Waals surface area (Å²) in [6, 6.07) is 3.53. The fourth-order valence-electron chi connectivity index (χ4n) is 2.56. The van der Waals surface area contributed by atoms with Crippen LogP contribution in [0, 0.1) is 11.8 Å². The number of aliphatic hydroxyl groups excluding tert-OH is 1. The van der Waals surface area contributed by atoms with E-state index >= 15 is 0 Å². The van der Waals surface area contributed by atoms with E-state index in [1.165, 1.54) is 6.42 Å². The normalized spacial score (nSPS) is 23.0. The third-order valence-electron chi connectivity index (χ3n) is 3.69. The molecule has 1 heterocycles. The minimum absolute atomic E-state index is 0.271. The van der Waals surface area contributed by atoms with Crippen LogP contribution in [0.1, 0.15) is 19.3 Å². The molecule has 4 N–H and O–H groups in total. The molecule has 1 aliphatic carbocycles. The Labute approximate surface area is 107 Å². The van der Waals surface area contributed by atoms with Gasteiger partial charge in [-0.05, 0) is 30.7 Å². The Balaban J connectivity index is 1.97. The Kier molecular flexibility index (Phi) is 4.25. The van der Waals surface area contributed by atoms with Crippen LogP contribution in [0.15, 0.2) is 12.1 Å². The number of pyridine rings is 1. The zero-order chi connectivity index (χ0) is 13.0. The molecule has 2 rings (SSSR count). The maximum Gasteiger partial charge on any atom is 0.215 e. The Bertz CT molecular complexity index is 398. The van der Waals surface area contributed by atoms with E-state index in [-0.39, 0.29) is 6.61 Å². The number of anilines is 2. The maximum absolute atomic E-state index is 9.28. The number of aromatic nitrogens is 1. The van der Waals surface area contributed by atoms with E-state index in [9.17, 15) is 5.11 Å². The van der Waals surface area contributed by atoms with Crippen molar-refractivity contribution in [2.75, 3.05) is 31.3 Å². The van der Waals surface area contributed by atoms with Crippen molar-refractivity contribution < 1.29 is 9.84 Å². The summed E-state index contributed by atoms with van der Waals surface area (Å²) in [6.45, 7) is 1.07. The lowest BCUT2D eigenvalue weighted by Crippen LogP contribution is -2.21. The average molecular weight is 251 g/mol. The molecule has 5 heteroatoms. The van der Waals surface area contributed by atoms with E-state index in [0.29, 0.717) is 29.2 Å². The van der Waals surface area contributed by atoms with Crippen molar-refractivity contribution in [2.45, 2.75) is 19.3 Å². The molecule has 0 aromatic carbocycles. The Morgan fingerprint density at radius 3 is 2.94 bits per heavy atom. The molecule has 0 saturated heterocycles. The van der Waals surface area contributed by atoms with Gasteiger partial charge in [0, 0.05) is 19.2 Å². The number of methoxy groups -OCH3 is 1. The minimum atomic E-state index is 0.271. The topological polar surface area (TPSA) is 80.4 Å². The third kappa shape index (κ3) is 2.85. The van der Waals surface area contributed by atoms with Gasteiger partial charge in [0.15, 0.2) is 5.82 Å². The molecule has 0 bridgehead atoms. The molecule has 18 heavy (non-hydrogen) atoms. The molecule has 1 aromatic rings. The van der Waals surface area contributed by atoms with Crippen molar-refractivity contribution in [2.24, 2.45) is 11.8 Å². The molecule has 1 fully saturated rings. The number of hydrogen-bond acceptors (Lipinski definition) is 5. The Hall–Kier alpha value is -1.49. The van der Waals surface area contributed by atoms with Crippen LogP contribution in [0.3, 0.4) is 0 Å². The summed E-state index contributed by atoms with van der Waals surface area (Å²) in [5.41, 5.74) is 6.49. The van der Waals surface area contributed by atoms with Crippen LogP contribution in [-0.2, 0) is 0 Å². The van der Waals surface area contributed by atoms with Gasteiger partial charge in [0.1, 0.15) is 0 Å². The molecular formula is C13H21N3O2. The first-order valence-corrected chi connectivity index (χ1v) is 6.40. The van der Waals surface area contributed by atoms with Gasteiger partial charge in [0.05, 0.1) is 12.8 Å². The first kappa shape index (κ1) is 13.0. The molecule has 2 unspecified atom stereocenters. The van der Waals surface area contributed by atoms with E-state index in [4.69, 9.17) is 10.5 Å². The lowest BCUT2D eigenvalue weighted by Gasteiger charge is -2.18. The Morgan fingerprint density at radius 1 is 1.44 bits per heavy atom. The quantitative estimate of drug-likeness (QED) is 0.739. The SMILES string of the molecule is COc1ccc(N)c(NCC2CCCC2CO)n1. The second kappa shape index (κ2) is 5.91.